The first-order valence-electron chi connectivity index (χ1n) is 5.53. The molecule has 0 bridgehead atoms. The van der Waals surface area contributed by atoms with E-state index in [2.05, 4.69) is 26.2 Å². The Labute approximate surface area is 122 Å². The molecule has 0 saturated carbocycles. The maximum absolute atomic E-state index is 12.4. The number of benzene rings is 1. The van der Waals surface area contributed by atoms with Crippen molar-refractivity contribution < 1.29 is 8.78 Å². The van der Waals surface area contributed by atoms with E-state index in [-0.39, 0.29) is 0 Å². The van der Waals surface area contributed by atoms with Gasteiger partial charge in [-0.25, -0.2) is 0 Å². The Balaban J connectivity index is 2.04. The Kier molecular flexibility index (Phi) is 5.15. The minimum atomic E-state index is -2.42. The molecule has 19 heavy (non-hydrogen) atoms. The fourth-order valence-corrected chi connectivity index (χ4v) is 2.36. The summed E-state index contributed by atoms with van der Waals surface area (Å²) in [7, 11) is 0. The average molecular weight is 345 g/mol. The molecule has 0 radical (unpaired) electrons. The third kappa shape index (κ3) is 4.47. The van der Waals surface area contributed by atoms with Crippen LogP contribution >= 0.6 is 27.7 Å². The second-order valence-electron chi connectivity index (χ2n) is 3.70. The third-order valence-electron chi connectivity index (χ3n) is 2.35. The van der Waals surface area contributed by atoms with Crippen molar-refractivity contribution in [2.45, 2.75) is 17.2 Å². The molecule has 1 aromatic heterocycles. The van der Waals surface area contributed by atoms with E-state index in [1.54, 1.807) is 24.4 Å². The fraction of sp³-hybridized carbons (Fsp3) is 0.154. The molecule has 0 aliphatic rings. The van der Waals surface area contributed by atoms with Crippen molar-refractivity contribution in [3.8, 4) is 0 Å². The molecular formula is C13H11BrF2N2S. The number of rotatable bonds is 5. The highest BCUT2D eigenvalue weighted by Crippen LogP contribution is 2.31. The summed E-state index contributed by atoms with van der Waals surface area (Å²) in [5.41, 5.74) is 1.54. The predicted molar refractivity (Wildman–Crippen MR) is 77.6 cm³/mol. The lowest BCUT2D eigenvalue weighted by molar-refractivity contribution is 0.252. The number of thioether (sulfide) groups is 1. The molecule has 1 N–H and O–H groups in total. The minimum absolute atomic E-state index is 0.494. The number of pyridine rings is 1. The largest absolute Gasteiger partial charge is 0.378 e. The number of hydrogen-bond acceptors (Lipinski definition) is 3. The van der Waals surface area contributed by atoms with E-state index in [0.717, 1.165) is 10.2 Å². The maximum atomic E-state index is 12.4. The zero-order valence-electron chi connectivity index (χ0n) is 9.82. The SMILES string of the molecule is FC(F)Sc1ccccc1NCc1ccc(Br)cn1. The lowest BCUT2D eigenvalue weighted by Gasteiger charge is -2.11. The molecule has 1 heterocycles. The first-order valence-corrected chi connectivity index (χ1v) is 7.20. The summed E-state index contributed by atoms with van der Waals surface area (Å²) in [6, 6.07) is 10.8. The number of aromatic nitrogens is 1. The van der Waals surface area contributed by atoms with Crippen LogP contribution in [0.15, 0.2) is 52.0 Å². The predicted octanol–water partition coefficient (Wildman–Crippen LogP) is 4.77. The third-order valence-corrected chi connectivity index (χ3v) is 3.61. The van der Waals surface area contributed by atoms with E-state index < -0.39 is 5.76 Å². The van der Waals surface area contributed by atoms with Crippen molar-refractivity contribution in [1.82, 2.24) is 4.98 Å². The van der Waals surface area contributed by atoms with E-state index in [0.29, 0.717) is 28.9 Å². The highest BCUT2D eigenvalue weighted by Gasteiger charge is 2.09. The second kappa shape index (κ2) is 6.86. The van der Waals surface area contributed by atoms with Crippen molar-refractivity contribution >= 4 is 33.4 Å². The van der Waals surface area contributed by atoms with Gasteiger partial charge in [0.2, 0.25) is 0 Å². The van der Waals surface area contributed by atoms with Crippen LogP contribution in [-0.4, -0.2) is 10.7 Å². The lowest BCUT2D eigenvalue weighted by atomic mass is 10.3. The van der Waals surface area contributed by atoms with Gasteiger partial charge in [0, 0.05) is 21.3 Å². The number of para-hydroxylation sites is 1. The molecule has 0 fully saturated rings. The Hall–Kier alpha value is -1.14. The van der Waals surface area contributed by atoms with E-state index in [1.165, 1.54) is 0 Å². The van der Waals surface area contributed by atoms with Crippen LogP contribution in [0.4, 0.5) is 14.5 Å². The van der Waals surface area contributed by atoms with Gasteiger partial charge in [-0.15, -0.1) is 0 Å². The van der Waals surface area contributed by atoms with E-state index >= 15 is 0 Å². The molecule has 0 atom stereocenters. The lowest BCUT2D eigenvalue weighted by Crippen LogP contribution is -2.02. The molecule has 0 aliphatic heterocycles. The van der Waals surface area contributed by atoms with Gasteiger partial charge in [0.15, 0.2) is 0 Å². The molecule has 0 unspecified atom stereocenters. The molecule has 2 rings (SSSR count). The highest BCUT2D eigenvalue weighted by atomic mass is 79.9. The van der Waals surface area contributed by atoms with Crippen molar-refractivity contribution in [2.75, 3.05) is 5.32 Å². The fourth-order valence-electron chi connectivity index (χ4n) is 1.51. The van der Waals surface area contributed by atoms with Crippen molar-refractivity contribution in [3.63, 3.8) is 0 Å². The summed E-state index contributed by atoms with van der Waals surface area (Å²) in [6.45, 7) is 0.494. The van der Waals surface area contributed by atoms with Gasteiger partial charge in [-0.2, -0.15) is 8.78 Å². The molecule has 100 valence electrons. The maximum Gasteiger partial charge on any atom is 0.288 e. The van der Waals surface area contributed by atoms with E-state index in [1.807, 2.05) is 18.2 Å². The first kappa shape index (κ1) is 14.3. The number of nitrogens with zero attached hydrogens (tertiary/aromatic N) is 1. The molecule has 6 heteroatoms. The number of anilines is 1. The van der Waals surface area contributed by atoms with Gasteiger partial charge < -0.3 is 5.32 Å². The monoisotopic (exact) mass is 344 g/mol. The van der Waals surface area contributed by atoms with Crippen LogP contribution in [0.1, 0.15) is 5.69 Å². The highest BCUT2D eigenvalue weighted by molar-refractivity contribution is 9.10. The van der Waals surface area contributed by atoms with Crippen molar-refractivity contribution in [3.05, 3.63) is 52.8 Å². The van der Waals surface area contributed by atoms with E-state index in [4.69, 9.17) is 0 Å². The quantitative estimate of drug-likeness (QED) is 0.790. The van der Waals surface area contributed by atoms with Crippen LogP contribution < -0.4 is 5.32 Å². The van der Waals surface area contributed by atoms with Gasteiger partial charge >= 0.3 is 0 Å². The molecule has 0 amide bonds. The Morgan fingerprint density at radius 2 is 2.00 bits per heavy atom. The summed E-state index contributed by atoms with van der Waals surface area (Å²) in [5.74, 6) is -2.42. The van der Waals surface area contributed by atoms with Gasteiger partial charge in [0.25, 0.3) is 5.76 Å². The Bertz CT molecular complexity index is 534. The standard InChI is InChI=1S/C13H11BrF2N2S/c14-9-5-6-10(17-7-9)8-18-11-3-1-2-4-12(11)19-13(15)16/h1-7,13,18H,8H2. The van der Waals surface area contributed by atoms with E-state index in [9.17, 15) is 8.78 Å². The number of alkyl halides is 2. The molecule has 1 aromatic carbocycles. The van der Waals surface area contributed by atoms with Gasteiger partial charge in [-0.05, 0) is 40.2 Å². The second-order valence-corrected chi connectivity index (χ2v) is 5.64. The van der Waals surface area contributed by atoms with Crippen LogP contribution in [0.25, 0.3) is 0 Å². The summed E-state index contributed by atoms with van der Waals surface area (Å²) < 4.78 is 25.8. The minimum Gasteiger partial charge on any atom is -0.378 e. The molecular weight excluding hydrogens is 334 g/mol. The van der Waals surface area contributed by atoms with Crippen LogP contribution in [0, 0.1) is 0 Å². The summed E-state index contributed by atoms with van der Waals surface area (Å²) >= 11 is 3.85. The average Bonchev–Trinajstić information content (AvgIpc) is 2.39. The molecule has 0 aliphatic carbocycles. The molecule has 0 saturated heterocycles. The smallest absolute Gasteiger partial charge is 0.288 e. The molecule has 0 spiro atoms. The van der Waals surface area contributed by atoms with Crippen molar-refractivity contribution in [1.29, 1.82) is 0 Å². The summed E-state index contributed by atoms with van der Waals surface area (Å²) in [5, 5.41) is 3.12. The number of halogens is 3. The Morgan fingerprint density at radius 3 is 2.68 bits per heavy atom. The topological polar surface area (TPSA) is 24.9 Å². The van der Waals surface area contributed by atoms with Gasteiger partial charge in [-0.3, -0.25) is 4.98 Å². The molecule has 2 aromatic rings. The molecule has 2 nitrogen and oxygen atoms in total. The van der Waals surface area contributed by atoms with Gasteiger partial charge in [-0.1, -0.05) is 23.9 Å². The van der Waals surface area contributed by atoms with Gasteiger partial charge in [0.1, 0.15) is 0 Å². The summed E-state index contributed by atoms with van der Waals surface area (Å²) in [4.78, 5) is 4.76. The van der Waals surface area contributed by atoms with Crippen LogP contribution in [0.2, 0.25) is 0 Å². The van der Waals surface area contributed by atoms with Gasteiger partial charge in [0.05, 0.1) is 12.2 Å². The summed E-state index contributed by atoms with van der Waals surface area (Å²) in [6.07, 6.45) is 1.71. The first-order chi connectivity index (χ1) is 9.15. The van der Waals surface area contributed by atoms with Crippen LogP contribution in [0.5, 0.6) is 0 Å². The van der Waals surface area contributed by atoms with Crippen LogP contribution in [0.3, 0.4) is 0 Å². The van der Waals surface area contributed by atoms with Crippen molar-refractivity contribution in [2.24, 2.45) is 0 Å². The number of hydrogen-bond donors (Lipinski definition) is 1. The number of nitrogens with one attached hydrogen (secondary N) is 1. The Morgan fingerprint density at radius 1 is 1.21 bits per heavy atom. The zero-order chi connectivity index (χ0) is 13.7. The normalized spacial score (nSPS) is 10.7. The van der Waals surface area contributed by atoms with Crippen LogP contribution in [-0.2, 0) is 6.54 Å². The zero-order valence-corrected chi connectivity index (χ0v) is 12.2.